The topological polar surface area (TPSA) is 221 Å². The van der Waals surface area contributed by atoms with Crippen molar-refractivity contribution in [2.45, 2.75) is 25.7 Å². The molecule has 0 unspecified atom stereocenters. The fraction of sp³-hybridized carbons (Fsp3) is 0.222. The molecule has 1 aliphatic rings. The van der Waals surface area contributed by atoms with Crippen LogP contribution in [0.3, 0.4) is 0 Å². The highest BCUT2D eigenvalue weighted by Gasteiger charge is 2.22. The number of benzene rings is 2. The lowest BCUT2D eigenvalue weighted by Gasteiger charge is -2.16. The van der Waals surface area contributed by atoms with Gasteiger partial charge in [0.1, 0.15) is 11.4 Å². The summed E-state index contributed by atoms with van der Waals surface area (Å²) in [4.78, 5) is 41.3. The summed E-state index contributed by atoms with van der Waals surface area (Å²) in [5, 5.41) is 52.6. The number of nitrogens with zero attached hydrogens (tertiary/aromatic N) is 6. The molecule has 1 aliphatic carbocycles. The zero-order valence-electron chi connectivity index (χ0n) is 17.2. The van der Waals surface area contributed by atoms with Gasteiger partial charge in [-0.05, 0) is 37.8 Å². The van der Waals surface area contributed by atoms with E-state index in [2.05, 4.69) is 21.1 Å². The van der Waals surface area contributed by atoms with Gasteiger partial charge in [0, 0.05) is 12.1 Å². The minimum absolute atomic E-state index is 0.0630. The largest absolute Gasteiger partial charge is 0.301 e. The van der Waals surface area contributed by atoms with Gasteiger partial charge in [-0.3, -0.25) is 51.3 Å². The Morgan fingerprint density at radius 2 is 1.00 bits per heavy atom. The highest BCUT2D eigenvalue weighted by atomic mass is 16.6. The van der Waals surface area contributed by atoms with Crippen molar-refractivity contribution >= 4 is 45.5 Å². The monoisotopic (exact) mass is 472 g/mol. The van der Waals surface area contributed by atoms with Crippen LogP contribution in [-0.2, 0) is 0 Å². The SMILES string of the molecule is O=[N+]([O-])c1ccc(N/N=C2/CCCC/C2=N/Nc2ccc([N+](=O)[O-])cc2[N+](=O)[O-])c([N+](=O)[O-])c1. The minimum Gasteiger partial charge on any atom is -0.271 e. The number of nitro groups is 4. The summed E-state index contributed by atoms with van der Waals surface area (Å²) >= 11 is 0. The van der Waals surface area contributed by atoms with E-state index in [-0.39, 0.29) is 11.4 Å². The highest BCUT2D eigenvalue weighted by molar-refractivity contribution is 6.43. The molecule has 2 aromatic carbocycles. The van der Waals surface area contributed by atoms with Gasteiger partial charge in [-0.2, -0.15) is 10.2 Å². The Labute approximate surface area is 189 Å². The number of anilines is 2. The molecule has 16 nitrogen and oxygen atoms in total. The molecule has 1 saturated carbocycles. The first-order chi connectivity index (χ1) is 16.2. The Balaban J connectivity index is 1.87. The molecule has 176 valence electrons. The number of hydrazone groups is 2. The van der Waals surface area contributed by atoms with E-state index in [0.717, 1.165) is 37.1 Å². The minimum atomic E-state index is -0.777. The first kappa shape index (κ1) is 23.6. The Morgan fingerprint density at radius 1 is 0.618 bits per heavy atom. The molecule has 0 heterocycles. The highest BCUT2D eigenvalue weighted by Crippen LogP contribution is 2.30. The molecular weight excluding hydrogens is 456 g/mol. The van der Waals surface area contributed by atoms with Gasteiger partial charge in [-0.25, -0.2) is 0 Å². The summed E-state index contributed by atoms with van der Waals surface area (Å²) in [6, 6.07) is 6.15. The van der Waals surface area contributed by atoms with Crippen LogP contribution in [-0.4, -0.2) is 31.1 Å². The molecule has 0 spiro atoms. The Kier molecular flexibility index (Phi) is 7.00. The number of nitro benzene ring substituents is 4. The van der Waals surface area contributed by atoms with Crippen molar-refractivity contribution in [2.75, 3.05) is 10.9 Å². The molecule has 2 N–H and O–H groups in total. The Hall–Kier alpha value is -5.02. The van der Waals surface area contributed by atoms with Gasteiger partial charge < -0.3 is 0 Å². The average molecular weight is 472 g/mol. The molecule has 0 radical (unpaired) electrons. The molecule has 0 atom stereocenters. The predicted molar refractivity (Wildman–Crippen MR) is 120 cm³/mol. The zero-order valence-corrected chi connectivity index (χ0v) is 17.2. The molecular formula is C18H16N8O8. The summed E-state index contributed by atoms with van der Waals surface area (Å²) in [6.45, 7) is 0. The molecule has 2 aromatic rings. The van der Waals surface area contributed by atoms with Gasteiger partial charge >= 0.3 is 11.4 Å². The summed E-state index contributed by atoms with van der Waals surface area (Å²) in [5.74, 6) is 0. The number of hydrogen-bond donors (Lipinski definition) is 2. The van der Waals surface area contributed by atoms with Crippen LogP contribution in [0.2, 0.25) is 0 Å². The van der Waals surface area contributed by atoms with Gasteiger partial charge in [0.05, 0.1) is 43.2 Å². The van der Waals surface area contributed by atoms with E-state index in [4.69, 9.17) is 0 Å². The molecule has 34 heavy (non-hydrogen) atoms. The van der Waals surface area contributed by atoms with Crippen molar-refractivity contribution in [1.82, 2.24) is 0 Å². The predicted octanol–water partition coefficient (Wildman–Crippen LogP) is 4.13. The third-order valence-corrected chi connectivity index (χ3v) is 4.81. The second kappa shape index (κ2) is 10.1. The van der Waals surface area contributed by atoms with Crippen LogP contribution in [0.1, 0.15) is 25.7 Å². The molecule has 1 fully saturated rings. The lowest BCUT2D eigenvalue weighted by Crippen LogP contribution is -2.22. The summed E-state index contributed by atoms with van der Waals surface area (Å²) in [6.07, 6.45) is 2.41. The van der Waals surface area contributed by atoms with Gasteiger partial charge in [-0.15, -0.1) is 0 Å². The number of non-ortho nitro benzene ring substituents is 2. The van der Waals surface area contributed by atoms with Gasteiger partial charge in [-0.1, -0.05) is 0 Å². The lowest BCUT2D eigenvalue weighted by atomic mass is 9.96. The van der Waals surface area contributed by atoms with Crippen molar-refractivity contribution in [3.63, 3.8) is 0 Å². The quantitative estimate of drug-likeness (QED) is 0.412. The van der Waals surface area contributed by atoms with Crippen molar-refractivity contribution in [1.29, 1.82) is 0 Å². The van der Waals surface area contributed by atoms with E-state index < -0.39 is 42.4 Å². The van der Waals surface area contributed by atoms with Crippen LogP contribution in [0.15, 0.2) is 46.6 Å². The summed E-state index contributed by atoms with van der Waals surface area (Å²) in [5.41, 5.74) is 3.85. The van der Waals surface area contributed by atoms with Crippen LogP contribution in [0.4, 0.5) is 34.1 Å². The van der Waals surface area contributed by atoms with E-state index in [0.29, 0.717) is 24.3 Å². The number of hydrogen-bond acceptors (Lipinski definition) is 12. The fourth-order valence-corrected chi connectivity index (χ4v) is 3.13. The van der Waals surface area contributed by atoms with Gasteiger partial charge in [0.25, 0.3) is 11.4 Å². The van der Waals surface area contributed by atoms with Crippen molar-refractivity contribution in [2.24, 2.45) is 10.2 Å². The maximum atomic E-state index is 11.3. The van der Waals surface area contributed by atoms with Crippen LogP contribution in [0.5, 0.6) is 0 Å². The normalized spacial score (nSPS) is 15.6. The lowest BCUT2D eigenvalue weighted by molar-refractivity contribution is -0.393. The van der Waals surface area contributed by atoms with E-state index in [9.17, 15) is 40.5 Å². The van der Waals surface area contributed by atoms with Crippen molar-refractivity contribution < 1.29 is 19.7 Å². The zero-order chi connectivity index (χ0) is 24.8. The molecule has 0 aliphatic heterocycles. The summed E-state index contributed by atoms with van der Waals surface area (Å²) in [7, 11) is 0. The van der Waals surface area contributed by atoms with Crippen LogP contribution in [0, 0.1) is 40.5 Å². The molecule has 0 bridgehead atoms. The summed E-state index contributed by atoms with van der Waals surface area (Å²) < 4.78 is 0. The molecule has 3 rings (SSSR count). The second-order valence-corrected chi connectivity index (χ2v) is 6.98. The third-order valence-electron chi connectivity index (χ3n) is 4.81. The van der Waals surface area contributed by atoms with Gasteiger partial charge in [0.2, 0.25) is 0 Å². The van der Waals surface area contributed by atoms with Crippen molar-refractivity contribution in [3.8, 4) is 0 Å². The van der Waals surface area contributed by atoms with E-state index in [1.165, 1.54) is 12.1 Å². The Bertz CT molecular complexity index is 1150. The van der Waals surface area contributed by atoms with E-state index >= 15 is 0 Å². The maximum absolute atomic E-state index is 11.3. The van der Waals surface area contributed by atoms with Gasteiger partial charge in [0.15, 0.2) is 0 Å². The average Bonchev–Trinajstić information content (AvgIpc) is 2.81. The van der Waals surface area contributed by atoms with Crippen molar-refractivity contribution in [3.05, 3.63) is 76.9 Å². The molecule has 16 heteroatoms. The van der Waals surface area contributed by atoms with Crippen LogP contribution >= 0.6 is 0 Å². The first-order valence-corrected chi connectivity index (χ1v) is 9.68. The number of nitrogens with one attached hydrogen (secondary N) is 2. The van der Waals surface area contributed by atoms with E-state index in [1.54, 1.807) is 0 Å². The first-order valence-electron chi connectivity index (χ1n) is 9.68. The third kappa shape index (κ3) is 5.42. The van der Waals surface area contributed by atoms with Crippen LogP contribution < -0.4 is 10.9 Å². The van der Waals surface area contributed by atoms with E-state index in [1.807, 2.05) is 0 Å². The molecule has 0 aromatic heterocycles. The second-order valence-electron chi connectivity index (χ2n) is 6.98. The molecule has 0 saturated heterocycles. The maximum Gasteiger partial charge on any atom is 0.301 e. The smallest absolute Gasteiger partial charge is 0.271 e. The Morgan fingerprint density at radius 3 is 1.32 bits per heavy atom. The standard InChI is InChI=1S/C18H16N8O8/c27-23(28)11-5-7-15(17(9-11)25(31)32)21-19-13-3-1-2-4-14(13)20-22-16-8-6-12(24(29)30)10-18(16)26(33)34/h5-10,21-22H,1-4H2/b19-13-,20-14-. The number of rotatable bonds is 8. The molecule has 0 amide bonds. The van der Waals surface area contributed by atoms with Crippen LogP contribution in [0.25, 0.3) is 0 Å². The fourth-order valence-electron chi connectivity index (χ4n) is 3.13.